The van der Waals surface area contributed by atoms with E-state index in [1.54, 1.807) is 7.11 Å². The summed E-state index contributed by atoms with van der Waals surface area (Å²) in [6.45, 7) is 2.92. The summed E-state index contributed by atoms with van der Waals surface area (Å²) in [7, 11) is 1.76. The van der Waals surface area contributed by atoms with Gasteiger partial charge in [-0.25, -0.2) is 4.98 Å². The highest BCUT2D eigenvalue weighted by Crippen LogP contribution is 2.30. The van der Waals surface area contributed by atoms with Crippen molar-refractivity contribution in [2.75, 3.05) is 26.8 Å². The summed E-state index contributed by atoms with van der Waals surface area (Å²) in [5.41, 5.74) is 2.20. The van der Waals surface area contributed by atoms with E-state index in [9.17, 15) is 0 Å². The van der Waals surface area contributed by atoms with Crippen molar-refractivity contribution < 1.29 is 4.74 Å². The van der Waals surface area contributed by atoms with E-state index in [2.05, 4.69) is 22.0 Å². The lowest BCUT2D eigenvalue weighted by Gasteiger charge is -2.34. The predicted octanol–water partition coefficient (Wildman–Crippen LogP) is 2.74. The molecule has 1 saturated heterocycles. The minimum atomic E-state index is 0.413. The lowest BCUT2D eigenvalue weighted by molar-refractivity contribution is 0.0928. The van der Waals surface area contributed by atoms with Gasteiger partial charge < -0.3 is 9.72 Å². The number of aromatic nitrogens is 2. The van der Waals surface area contributed by atoms with Crippen molar-refractivity contribution in [3.8, 4) is 0 Å². The largest absolute Gasteiger partial charge is 0.383 e. The van der Waals surface area contributed by atoms with Crippen LogP contribution in [0.1, 0.15) is 31.1 Å². The van der Waals surface area contributed by atoms with Gasteiger partial charge in [-0.15, -0.1) is 0 Å². The molecule has 4 heteroatoms. The lowest BCUT2D eigenvalue weighted by atomic mass is 10.0. The number of para-hydroxylation sites is 2. The second-order valence-corrected chi connectivity index (χ2v) is 5.18. The first-order valence-electron chi connectivity index (χ1n) is 7.06. The van der Waals surface area contributed by atoms with Crippen LogP contribution in [0.25, 0.3) is 11.0 Å². The summed E-state index contributed by atoms with van der Waals surface area (Å²) in [5, 5.41) is 0. The molecule has 1 unspecified atom stereocenters. The predicted molar refractivity (Wildman–Crippen MR) is 76.1 cm³/mol. The Morgan fingerprint density at radius 1 is 1.37 bits per heavy atom. The fourth-order valence-corrected chi connectivity index (χ4v) is 2.91. The fourth-order valence-electron chi connectivity index (χ4n) is 2.91. The summed E-state index contributed by atoms with van der Waals surface area (Å²) in [4.78, 5) is 10.7. The Morgan fingerprint density at radius 2 is 2.26 bits per heavy atom. The van der Waals surface area contributed by atoms with Gasteiger partial charge in [0.1, 0.15) is 5.82 Å². The smallest absolute Gasteiger partial charge is 0.124 e. The van der Waals surface area contributed by atoms with Crippen LogP contribution in [-0.2, 0) is 4.74 Å². The maximum Gasteiger partial charge on any atom is 0.124 e. The van der Waals surface area contributed by atoms with Crippen molar-refractivity contribution in [1.29, 1.82) is 0 Å². The van der Waals surface area contributed by atoms with Crippen LogP contribution in [0.3, 0.4) is 0 Å². The number of piperidine rings is 1. The van der Waals surface area contributed by atoms with Crippen LogP contribution in [0.15, 0.2) is 24.3 Å². The van der Waals surface area contributed by atoms with E-state index in [1.807, 2.05) is 12.1 Å². The molecule has 1 fully saturated rings. The second kappa shape index (κ2) is 5.72. The molecular formula is C15H21N3O. The van der Waals surface area contributed by atoms with Gasteiger partial charge in [-0.05, 0) is 31.5 Å². The third kappa shape index (κ3) is 2.65. The van der Waals surface area contributed by atoms with E-state index in [-0.39, 0.29) is 0 Å². The molecule has 0 radical (unpaired) electrons. The van der Waals surface area contributed by atoms with Gasteiger partial charge in [0.2, 0.25) is 0 Å². The Balaban J connectivity index is 1.84. The number of nitrogens with one attached hydrogen (secondary N) is 1. The highest BCUT2D eigenvalue weighted by atomic mass is 16.5. The third-order valence-corrected chi connectivity index (χ3v) is 3.92. The molecule has 102 valence electrons. The first kappa shape index (κ1) is 12.6. The van der Waals surface area contributed by atoms with Crippen LogP contribution >= 0.6 is 0 Å². The normalized spacial score (nSPS) is 21.0. The zero-order chi connectivity index (χ0) is 13.1. The van der Waals surface area contributed by atoms with Crippen LogP contribution in [0.4, 0.5) is 0 Å². The molecule has 1 aromatic carbocycles. The molecule has 2 aromatic rings. The van der Waals surface area contributed by atoms with E-state index in [4.69, 9.17) is 9.72 Å². The molecule has 1 N–H and O–H groups in total. The number of hydrogen-bond donors (Lipinski definition) is 1. The van der Waals surface area contributed by atoms with Crippen molar-refractivity contribution in [2.45, 2.75) is 25.3 Å². The number of imidazole rings is 1. The van der Waals surface area contributed by atoms with Gasteiger partial charge in [-0.1, -0.05) is 18.6 Å². The molecule has 1 aliphatic heterocycles. The third-order valence-electron chi connectivity index (χ3n) is 3.92. The number of fused-ring (bicyclic) bond motifs is 1. The summed E-state index contributed by atoms with van der Waals surface area (Å²) in [6, 6.07) is 8.66. The minimum Gasteiger partial charge on any atom is -0.383 e. The maximum absolute atomic E-state index is 5.22. The summed E-state index contributed by atoms with van der Waals surface area (Å²) in [5.74, 6) is 1.11. The van der Waals surface area contributed by atoms with Gasteiger partial charge in [0.25, 0.3) is 0 Å². The molecule has 0 saturated carbocycles. The van der Waals surface area contributed by atoms with Gasteiger partial charge >= 0.3 is 0 Å². The van der Waals surface area contributed by atoms with Crippen LogP contribution < -0.4 is 0 Å². The van der Waals surface area contributed by atoms with Gasteiger partial charge in [-0.3, -0.25) is 4.90 Å². The number of ether oxygens (including phenoxy) is 1. The molecular weight excluding hydrogens is 238 g/mol. The van der Waals surface area contributed by atoms with Crippen LogP contribution in [-0.4, -0.2) is 41.7 Å². The number of benzene rings is 1. The van der Waals surface area contributed by atoms with E-state index < -0.39 is 0 Å². The molecule has 2 heterocycles. The van der Waals surface area contributed by atoms with Gasteiger partial charge in [0, 0.05) is 13.7 Å². The highest BCUT2D eigenvalue weighted by molar-refractivity contribution is 5.74. The number of H-pyrrole nitrogens is 1. The molecule has 0 spiro atoms. The zero-order valence-electron chi connectivity index (χ0n) is 11.4. The molecule has 3 rings (SSSR count). The fraction of sp³-hybridized carbons (Fsp3) is 0.533. The summed E-state index contributed by atoms with van der Waals surface area (Å²) < 4.78 is 5.22. The Kier molecular flexibility index (Phi) is 3.80. The topological polar surface area (TPSA) is 41.1 Å². The van der Waals surface area contributed by atoms with Gasteiger partial charge in [0.15, 0.2) is 0 Å². The first-order chi connectivity index (χ1) is 9.38. The van der Waals surface area contributed by atoms with Crippen LogP contribution in [0, 0.1) is 0 Å². The van der Waals surface area contributed by atoms with Crippen molar-refractivity contribution in [2.24, 2.45) is 0 Å². The van der Waals surface area contributed by atoms with Crippen molar-refractivity contribution in [1.82, 2.24) is 14.9 Å². The van der Waals surface area contributed by atoms with Gasteiger partial charge in [-0.2, -0.15) is 0 Å². The van der Waals surface area contributed by atoms with Crippen molar-refractivity contribution in [3.63, 3.8) is 0 Å². The van der Waals surface area contributed by atoms with E-state index in [0.29, 0.717) is 6.04 Å². The van der Waals surface area contributed by atoms with Crippen LogP contribution in [0.5, 0.6) is 0 Å². The Bertz CT molecular complexity index is 504. The number of likely N-dealkylation sites (tertiary alicyclic amines) is 1. The number of rotatable bonds is 4. The van der Waals surface area contributed by atoms with E-state index in [1.165, 1.54) is 19.3 Å². The van der Waals surface area contributed by atoms with E-state index >= 15 is 0 Å². The quantitative estimate of drug-likeness (QED) is 0.918. The first-order valence-corrected chi connectivity index (χ1v) is 7.06. The number of methoxy groups -OCH3 is 1. The van der Waals surface area contributed by atoms with Gasteiger partial charge in [0.05, 0.1) is 23.7 Å². The lowest BCUT2D eigenvalue weighted by Crippen LogP contribution is -2.36. The second-order valence-electron chi connectivity index (χ2n) is 5.18. The minimum absolute atomic E-state index is 0.413. The standard InChI is InChI=1S/C15H21N3O/c1-19-11-10-18-9-5-4-8-14(18)15-16-12-6-2-3-7-13(12)17-15/h2-3,6-7,14H,4-5,8-11H2,1H3,(H,16,17). The zero-order valence-corrected chi connectivity index (χ0v) is 11.4. The van der Waals surface area contributed by atoms with Crippen LogP contribution in [0.2, 0.25) is 0 Å². The summed E-state index contributed by atoms with van der Waals surface area (Å²) in [6.07, 6.45) is 3.75. The number of hydrogen-bond acceptors (Lipinski definition) is 3. The Labute approximate surface area is 113 Å². The van der Waals surface area contributed by atoms with E-state index in [0.717, 1.165) is 36.6 Å². The SMILES string of the molecule is COCCN1CCCCC1c1nc2ccccc2[nH]1. The number of aromatic amines is 1. The molecule has 19 heavy (non-hydrogen) atoms. The molecule has 0 bridgehead atoms. The molecule has 1 aliphatic rings. The molecule has 1 aromatic heterocycles. The molecule has 0 aliphatic carbocycles. The molecule has 0 amide bonds. The maximum atomic E-state index is 5.22. The average molecular weight is 259 g/mol. The monoisotopic (exact) mass is 259 g/mol. The highest BCUT2D eigenvalue weighted by Gasteiger charge is 2.25. The molecule has 4 nitrogen and oxygen atoms in total. The summed E-state index contributed by atoms with van der Waals surface area (Å²) >= 11 is 0. The molecule has 1 atom stereocenters. The van der Waals surface area contributed by atoms with Crippen molar-refractivity contribution >= 4 is 11.0 Å². The Morgan fingerprint density at radius 3 is 3.11 bits per heavy atom. The van der Waals surface area contributed by atoms with Crippen molar-refractivity contribution in [3.05, 3.63) is 30.1 Å². The average Bonchev–Trinajstić information content (AvgIpc) is 2.89. The Hall–Kier alpha value is -1.39. The number of nitrogens with zero attached hydrogens (tertiary/aromatic N) is 2.